The molecule has 124 valence electrons. The first-order valence-electron chi connectivity index (χ1n) is 7.41. The molecule has 1 unspecified atom stereocenters. The van der Waals surface area contributed by atoms with Crippen LogP contribution < -0.4 is 9.47 Å². The van der Waals surface area contributed by atoms with Gasteiger partial charge in [-0.05, 0) is 37.3 Å². The van der Waals surface area contributed by atoms with E-state index in [0.717, 1.165) is 14.6 Å². The van der Waals surface area contributed by atoms with Crippen LogP contribution in [0, 0.1) is 0 Å². The van der Waals surface area contributed by atoms with Crippen molar-refractivity contribution in [3.8, 4) is 11.5 Å². The molecule has 0 N–H and O–H groups in total. The summed E-state index contributed by atoms with van der Waals surface area (Å²) in [6, 6.07) is 13.2. The first-order chi connectivity index (χ1) is 11.6. The number of fused-ring (bicyclic) bond motifs is 1. The molecule has 4 nitrogen and oxygen atoms in total. The Bertz CT molecular complexity index is 843. The summed E-state index contributed by atoms with van der Waals surface area (Å²) in [5, 5.41) is -0.233. The van der Waals surface area contributed by atoms with Crippen molar-refractivity contribution in [3.05, 3.63) is 48.0 Å². The molecule has 2 aromatic carbocycles. The number of nitrogens with zero attached hydrogens (tertiary/aromatic N) is 1. The Labute approximate surface area is 148 Å². The van der Waals surface area contributed by atoms with Gasteiger partial charge in [0.1, 0.15) is 0 Å². The van der Waals surface area contributed by atoms with E-state index in [0.29, 0.717) is 17.1 Å². The number of aromatic nitrogens is 1. The van der Waals surface area contributed by atoms with Gasteiger partial charge in [-0.25, -0.2) is 4.98 Å². The minimum Gasteiger partial charge on any atom is -0.493 e. The van der Waals surface area contributed by atoms with E-state index in [2.05, 4.69) is 4.98 Å². The lowest BCUT2D eigenvalue weighted by atomic mass is 10.1. The summed E-state index contributed by atoms with van der Waals surface area (Å²) in [7, 11) is 3.14. The van der Waals surface area contributed by atoms with Gasteiger partial charge in [0.25, 0.3) is 0 Å². The fourth-order valence-corrected chi connectivity index (χ4v) is 4.62. The third-order valence-electron chi connectivity index (χ3n) is 3.59. The van der Waals surface area contributed by atoms with E-state index in [-0.39, 0.29) is 11.0 Å². The van der Waals surface area contributed by atoms with E-state index in [1.807, 2.05) is 31.2 Å². The molecule has 0 aliphatic carbocycles. The Morgan fingerprint density at radius 3 is 2.58 bits per heavy atom. The van der Waals surface area contributed by atoms with Crippen LogP contribution in [0.1, 0.15) is 17.3 Å². The molecule has 0 radical (unpaired) electrons. The Balaban J connectivity index is 1.79. The van der Waals surface area contributed by atoms with Crippen LogP contribution in [0.25, 0.3) is 10.2 Å². The number of benzene rings is 2. The van der Waals surface area contributed by atoms with Crippen molar-refractivity contribution in [2.75, 3.05) is 14.2 Å². The zero-order valence-electron chi connectivity index (χ0n) is 13.6. The topological polar surface area (TPSA) is 48.4 Å². The summed E-state index contributed by atoms with van der Waals surface area (Å²) in [5.74, 6) is 1.21. The highest BCUT2D eigenvalue weighted by atomic mass is 32.2. The first kappa shape index (κ1) is 16.8. The highest BCUT2D eigenvalue weighted by Gasteiger charge is 2.20. The van der Waals surface area contributed by atoms with Crippen molar-refractivity contribution in [1.29, 1.82) is 0 Å². The van der Waals surface area contributed by atoms with Gasteiger partial charge in [0, 0.05) is 5.56 Å². The van der Waals surface area contributed by atoms with E-state index >= 15 is 0 Å². The molecule has 0 aliphatic heterocycles. The van der Waals surface area contributed by atoms with Gasteiger partial charge in [0.05, 0.1) is 29.7 Å². The Kier molecular flexibility index (Phi) is 5.06. The number of hydrogen-bond acceptors (Lipinski definition) is 6. The smallest absolute Gasteiger partial charge is 0.176 e. The van der Waals surface area contributed by atoms with Gasteiger partial charge in [0.15, 0.2) is 21.6 Å². The van der Waals surface area contributed by atoms with Crippen molar-refractivity contribution in [3.63, 3.8) is 0 Å². The number of Topliss-reactive ketones (excluding diaryl/α,β-unsaturated/α-hetero) is 1. The van der Waals surface area contributed by atoms with Gasteiger partial charge >= 0.3 is 0 Å². The van der Waals surface area contributed by atoms with Gasteiger partial charge in [-0.2, -0.15) is 0 Å². The second kappa shape index (κ2) is 7.23. The van der Waals surface area contributed by atoms with Crippen molar-refractivity contribution in [2.24, 2.45) is 0 Å². The van der Waals surface area contributed by atoms with E-state index in [9.17, 15) is 4.79 Å². The maximum absolute atomic E-state index is 12.7. The van der Waals surface area contributed by atoms with Gasteiger partial charge in [-0.1, -0.05) is 23.9 Å². The zero-order valence-corrected chi connectivity index (χ0v) is 15.2. The lowest BCUT2D eigenvalue weighted by Gasteiger charge is -2.11. The fourth-order valence-electron chi connectivity index (χ4n) is 2.33. The van der Waals surface area contributed by atoms with Crippen LogP contribution in [0.5, 0.6) is 11.5 Å². The minimum absolute atomic E-state index is 0.0419. The quantitative estimate of drug-likeness (QED) is 0.472. The van der Waals surface area contributed by atoms with Crippen LogP contribution >= 0.6 is 23.1 Å². The molecule has 24 heavy (non-hydrogen) atoms. The molecule has 0 amide bonds. The molecule has 0 spiro atoms. The molecular formula is C18H17NO3S2. The zero-order chi connectivity index (χ0) is 17.1. The number of hydrogen-bond donors (Lipinski definition) is 0. The summed E-state index contributed by atoms with van der Waals surface area (Å²) in [4.78, 5) is 17.3. The summed E-state index contributed by atoms with van der Waals surface area (Å²) >= 11 is 3.09. The summed E-state index contributed by atoms with van der Waals surface area (Å²) in [6.45, 7) is 1.90. The Morgan fingerprint density at radius 2 is 1.88 bits per heavy atom. The standard InChI is InChI=1S/C18H17NO3S2/c1-11(23-18-19-13-6-4-5-7-16(13)24-18)17(20)12-8-9-14(21-2)15(10-12)22-3/h4-11H,1-3H3. The highest BCUT2D eigenvalue weighted by Crippen LogP contribution is 2.34. The molecule has 6 heteroatoms. The predicted molar refractivity (Wildman–Crippen MR) is 98.8 cm³/mol. The van der Waals surface area contributed by atoms with Crippen molar-refractivity contribution in [2.45, 2.75) is 16.5 Å². The van der Waals surface area contributed by atoms with Gasteiger partial charge in [-0.15, -0.1) is 11.3 Å². The average molecular weight is 359 g/mol. The van der Waals surface area contributed by atoms with Crippen LogP contribution in [-0.2, 0) is 0 Å². The van der Waals surface area contributed by atoms with Gasteiger partial charge in [-0.3, -0.25) is 4.79 Å². The number of carbonyl (C=O) groups excluding carboxylic acids is 1. The van der Waals surface area contributed by atoms with Crippen LogP contribution in [0.3, 0.4) is 0 Å². The van der Waals surface area contributed by atoms with Crippen LogP contribution in [0.2, 0.25) is 0 Å². The van der Waals surface area contributed by atoms with E-state index in [1.54, 1.807) is 43.8 Å². The van der Waals surface area contributed by atoms with Crippen LogP contribution in [-0.4, -0.2) is 30.2 Å². The third kappa shape index (κ3) is 3.39. The average Bonchev–Trinajstić information content (AvgIpc) is 3.02. The molecule has 0 aliphatic rings. The molecule has 1 aromatic heterocycles. The second-order valence-corrected chi connectivity index (χ2v) is 7.76. The molecule has 1 atom stereocenters. The minimum atomic E-state index is -0.233. The van der Waals surface area contributed by atoms with Crippen molar-refractivity contribution >= 4 is 39.1 Å². The SMILES string of the molecule is COc1ccc(C(=O)C(C)Sc2nc3ccccc3s2)cc1OC. The van der Waals surface area contributed by atoms with Gasteiger partial charge in [0.2, 0.25) is 0 Å². The number of carbonyl (C=O) groups is 1. The number of ketones is 1. The summed E-state index contributed by atoms with van der Waals surface area (Å²) < 4.78 is 12.5. The van der Waals surface area contributed by atoms with E-state index in [4.69, 9.17) is 9.47 Å². The molecule has 0 saturated heterocycles. The fraction of sp³-hybridized carbons (Fsp3) is 0.222. The number of rotatable bonds is 6. The maximum Gasteiger partial charge on any atom is 0.176 e. The molecular weight excluding hydrogens is 342 g/mol. The largest absolute Gasteiger partial charge is 0.493 e. The highest BCUT2D eigenvalue weighted by molar-refractivity contribution is 8.02. The number of thioether (sulfide) groups is 1. The normalized spacial score (nSPS) is 12.1. The van der Waals surface area contributed by atoms with E-state index in [1.165, 1.54) is 11.8 Å². The lowest BCUT2D eigenvalue weighted by molar-refractivity contribution is 0.0993. The Morgan fingerprint density at radius 1 is 1.12 bits per heavy atom. The molecule has 0 bridgehead atoms. The summed E-state index contributed by atoms with van der Waals surface area (Å²) in [6.07, 6.45) is 0. The number of thiazole rings is 1. The summed E-state index contributed by atoms with van der Waals surface area (Å²) in [5.41, 5.74) is 1.57. The third-order valence-corrected chi connectivity index (χ3v) is 5.82. The number of para-hydroxylation sites is 1. The number of ether oxygens (including phenoxy) is 2. The van der Waals surface area contributed by atoms with Gasteiger partial charge < -0.3 is 9.47 Å². The van der Waals surface area contributed by atoms with Crippen molar-refractivity contribution < 1.29 is 14.3 Å². The number of methoxy groups -OCH3 is 2. The van der Waals surface area contributed by atoms with Crippen LogP contribution in [0.4, 0.5) is 0 Å². The van der Waals surface area contributed by atoms with Crippen LogP contribution in [0.15, 0.2) is 46.8 Å². The lowest BCUT2D eigenvalue weighted by Crippen LogP contribution is -2.13. The predicted octanol–water partition coefficient (Wildman–Crippen LogP) is 4.68. The second-order valence-electron chi connectivity index (χ2n) is 5.14. The molecule has 3 aromatic rings. The van der Waals surface area contributed by atoms with E-state index < -0.39 is 0 Å². The Hall–Kier alpha value is -2.05. The molecule has 3 rings (SSSR count). The monoisotopic (exact) mass is 359 g/mol. The molecule has 0 saturated carbocycles. The maximum atomic E-state index is 12.7. The first-order valence-corrected chi connectivity index (χ1v) is 9.10. The molecule has 1 heterocycles. The molecule has 0 fully saturated rings. The van der Waals surface area contributed by atoms with Crippen molar-refractivity contribution in [1.82, 2.24) is 4.98 Å².